The summed E-state index contributed by atoms with van der Waals surface area (Å²) >= 11 is 6.10. The number of nitrogens with two attached hydrogens (primary N) is 1. The lowest BCUT2D eigenvalue weighted by Gasteiger charge is -2.07. The minimum absolute atomic E-state index is 0.369. The van der Waals surface area contributed by atoms with E-state index in [1.807, 2.05) is 20.9 Å². The lowest BCUT2D eigenvalue weighted by Crippen LogP contribution is -1.99. The van der Waals surface area contributed by atoms with Crippen molar-refractivity contribution in [2.45, 2.75) is 20.4 Å². The van der Waals surface area contributed by atoms with E-state index in [4.69, 9.17) is 22.1 Å². The highest BCUT2D eigenvalue weighted by molar-refractivity contribution is 6.31. The van der Waals surface area contributed by atoms with Gasteiger partial charge in [0.05, 0.1) is 5.69 Å². The third-order valence-corrected chi connectivity index (χ3v) is 3.01. The molecule has 0 fully saturated rings. The first-order chi connectivity index (χ1) is 8.52. The van der Waals surface area contributed by atoms with E-state index in [2.05, 4.69) is 10.1 Å². The van der Waals surface area contributed by atoms with Crippen LogP contribution in [0.15, 0.2) is 12.3 Å². The smallest absolute Gasteiger partial charge is 0.238 e. The van der Waals surface area contributed by atoms with Gasteiger partial charge in [-0.1, -0.05) is 11.6 Å². The van der Waals surface area contributed by atoms with Crippen LogP contribution in [0.4, 0.5) is 0 Å². The van der Waals surface area contributed by atoms with Gasteiger partial charge < -0.3 is 10.5 Å². The van der Waals surface area contributed by atoms with Crippen LogP contribution in [0.25, 0.3) is 0 Å². The number of aromatic nitrogens is 3. The van der Waals surface area contributed by atoms with E-state index >= 15 is 0 Å². The van der Waals surface area contributed by atoms with E-state index in [0.29, 0.717) is 23.2 Å². The minimum atomic E-state index is 0.369. The Morgan fingerprint density at radius 1 is 1.44 bits per heavy atom. The van der Waals surface area contributed by atoms with Gasteiger partial charge in [-0.2, -0.15) is 5.10 Å². The SMILES string of the molecule is Cc1nn(C)c(C)c1Oc1ncc(CN)cc1Cl. The highest BCUT2D eigenvalue weighted by Crippen LogP contribution is 2.31. The van der Waals surface area contributed by atoms with E-state index < -0.39 is 0 Å². The Morgan fingerprint density at radius 2 is 2.17 bits per heavy atom. The molecule has 0 atom stereocenters. The number of hydrogen-bond donors (Lipinski definition) is 1. The van der Waals surface area contributed by atoms with Gasteiger partial charge in [-0.05, 0) is 25.5 Å². The number of ether oxygens (including phenoxy) is 1. The molecule has 5 nitrogen and oxygen atoms in total. The van der Waals surface area contributed by atoms with E-state index in [9.17, 15) is 0 Å². The summed E-state index contributed by atoms with van der Waals surface area (Å²) in [4.78, 5) is 4.16. The molecule has 0 aromatic carbocycles. The van der Waals surface area contributed by atoms with Crippen LogP contribution in [0.3, 0.4) is 0 Å². The molecule has 0 aliphatic heterocycles. The molecule has 18 heavy (non-hydrogen) atoms. The lowest BCUT2D eigenvalue weighted by molar-refractivity contribution is 0.455. The summed E-state index contributed by atoms with van der Waals surface area (Å²) in [5.41, 5.74) is 8.11. The van der Waals surface area contributed by atoms with Gasteiger partial charge in [0, 0.05) is 19.8 Å². The van der Waals surface area contributed by atoms with E-state index in [1.165, 1.54) is 0 Å². The maximum absolute atomic E-state index is 6.10. The van der Waals surface area contributed by atoms with E-state index in [-0.39, 0.29) is 0 Å². The summed E-state index contributed by atoms with van der Waals surface area (Å²) in [7, 11) is 1.86. The Labute approximate surface area is 111 Å². The molecule has 0 saturated heterocycles. The van der Waals surface area contributed by atoms with Crippen molar-refractivity contribution < 1.29 is 4.74 Å². The first-order valence-electron chi connectivity index (χ1n) is 5.55. The normalized spacial score (nSPS) is 10.7. The highest BCUT2D eigenvalue weighted by Gasteiger charge is 2.14. The molecule has 0 spiro atoms. The summed E-state index contributed by atoms with van der Waals surface area (Å²) in [6, 6.07) is 1.75. The molecule has 2 rings (SSSR count). The van der Waals surface area contributed by atoms with Crippen molar-refractivity contribution in [2.24, 2.45) is 12.8 Å². The Bertz CT molecular complexity index is 580. The molecule has 0 aliphatic rings. The Balaban J connectivity index is 2.34. The van der Waals surface area contributed by atoms with Gasteiger partial charge in [0.25, 0.3) is 0 Å². The molecule has 2 aromatic rings. The van der Waals surface area contributed by atoms with Crippen molar-refractivity contribution in [2.75, 3.05) is 0 Å². The second-order valence-corrected chi connectivity index (χ2v) is 4.47. The Kier molecular flexibility index (Phi) is 3.54. The van der Waals surface area contributed by atoms with Crippen molar-refractivity contribution >= 4 is 11.6 Å². The van der Waals surface area contributed by atoms with Gasteiger partial charge in [0.2, 0.25) is 5.88 Å². The molecule has 2 aromatic heterocycles. The average molecular weight is 267 g/mol. The largest absolute Gasteiger partial charge is 0.434 e. The predicted molar refractivity (Wildman–Crippen MR) is 69.9 cm³/mol. The maximum atomic E-state index is 6.10. The van der Waals surface area contributed by atoms with Crippen LogP contribution < -0.4 is 10.5 Å². The Morgan fingerprint density at radius 3 is 2.67 bits per heavy atom. The standard InChI is InChI=1S/C12H15ClN4O/c1-7-11(8(2)17(3)16-7)18-12-10(13)4-9(5-14)6-15-12/h4,6H,5,14H2,1-3H3. The summed E-state index contributed by atoms with van der Waals surface area (Å²) in [6.45, 7) is 4.21. The molecular formula is C12H15ClN4O. The number of aryl methyl sites for hydroxylation is 2. The molecule has 6 heteroatoms. The molecule has 0 aliphatic carbocycles. The fourth-order valence-electron chi connectivity index (χ4n) is 1.65. The van der Waals surface area contributed by atoms with Crippen LogP contribution in [0.1, 0.15) is 17.0 Å². The van der Waals surface area contributed by atoms with Crippen molar-refractivity contribution in [1.29, 1.82) is 0 Å². The van der Waals surface area contributed by atoms with Crippen LogP contribution >= 0.6 is 11.6 Å². The summed E-state index contributed by atoms with van der Waals surface area (Å²) < 4.78 is 7.48. The Hall–Kier alpha value is -1.59. The summed E-state index contributed by atoms with van der Waals surface area (Å²) in [6.07, 6.45) is 1.66. The third kappa shape index (κ3) is 2.32. The third-order valence-electron chi connectivity index (χ3n) is 2.74. The molecule has 96 valence electrons. The first kappa shape index (κ1) is 12.9. The van der Waals surface area contributed by atoms with Crippen LogP contribution in [0.2, 0.25) is 5.02 Å². The van der Waals surface area contributed by atoms with Crippen LogP contribution in [-0.2, 0) is 13.6 Å². The number of hydrogen-bond acceptors (Lipinski definition) is 4. The molecule has 0 amide bonds. The number of nitrogens with zero attached hydrogens (tertiary/aromatic N) is 3. The zero-order valence-corrected chi connectivity index (χ0v) is 11.3. The van der Waals surface area contributed by atoms with E-state index in [0.717, 1.165) is 17.0 Å². The fraction of sp³-hybridized carbons (Fsp3) is 0.333. The maximum Gasteiger partial charge on any atom is 0.238 e. The van der Waals surface area contributed by atoms with Gasteiger partial charge in [-0.15, -0.1) is 0 Å². The lowest BCUT2D eigenvalue weighted by atomic mass is 10.3. The van der Waals surface area contributed by atoms with Crippen LogP contribution in [0.5, 0.6) is 11.6 Å². The average Bonchev–Trinajstić information content (AvgIpc) is 2.58. The first-order valence-corrected chi connectivity index (χ1v) is 5.93. The highest BCUT2D eigenvalue weighted by atomic mass is 35.5. The monoisotopic (exact) mass is 266 g/mol. The zero-order chi connectivity index (χ0) is 13.3. The second-order valence-electron chi connectivity index (χ2n) is 4.06. The number of halogens is 1. The molecule has 0 bridgehead atoms. The fourth-order valence-corrected chi connectivity index (χ4v) is 1.88. The van der Waals surface area contributed by atoms with Crippen LogP contribution in [0, 0.1) is 13.8 Å². The zero-order valence-electron chi connectivity index (χ0n) is 10.6. The minimum Gasteiger partial charge on any atom is -0.434 e. The molecule has 0 radical (unpaired) electrons. The number of rotatable bonds is 3. The quantitative estimate of drug-likeness (QED) is 0.926. The second kappa shape index (κ2) is 4.96. The molecular weight excluding hydrogens is 252 g/mol. The van der Waals surface area contributed by atoms with Gasteiger partial charge in [0.15, 0.2) is 5.75 Å². The van der Waals surface area contributed by atoms with Gasteiger partial charge >= 0.3 is 0 Å². The topological polar surface area (TPSA) is 66.0 Å². The molecule has 2 heterocycles. The van der Waals surface area contributed by atoms with Crippen molar-refractivity contribution in [3.8, 4) is 11.6 Å². The predicted octanol–water partition coefficient (Wildman–Crippen LogP) is 2.34. The van der Waals surface area contributed by atoms with Crippen molar-refractivity contribution in [1.82, 2.24) is 14.8 Å². The number of pyridine rings is 1. The van der Waals surface area contributed by atoms with Crippen molar-refractivity contribution in [3.05, 3.63) is 34.2 Å². The summed E-state index contributed by atoms with van der Waals surface area (Å²) in [5.74, 6) is 1.06. The molecule has 2 N–H and O–H groups in total. The molecule has 0 unspecified atom stereocenters. The van der Waals surface area contributed by atoms with Gasteiger partial charge in [-0.3, -0.25) is 4.68 Å². The van der Waals surface area contributed by atoms with Crippen LogP contribution in [-0.4, -0.2) is 14.8 Å². The summed E-state index contributed by atoms with van der Waals surface area (Å²) in [5, 5.41) is 4.72. The van der Waals surface area contributed by atoms with E-state index in [1.54, 1.807) is 16.9 Å². The van der Waals surface area contributed by atoms with Crippen molar-refractivity contribution in [3.63, 3.8) is 0 Å². The van der Waals surface area contributed by atoms with Gasteiger partial charge in [0.1, 0.15) is 10.7 Å². The molecule has 0 saturated carbocycles. The van der Waals surface area contributed by atoms with Gasteiger partial charge in [-0.25, -0.2) is 4.98 Å².